The van der Waals surface area contributed by atoms with E-state index in [4.69, 9.17) is 0 Å². The van der Waals surface area contributed by atoms with Gasteiger partial charge in [0.25, 0.3) is 0 Å². The van der Waals surface area contributed by atoms with Crippen molar-refractivity contribution in [3.05, 3.63) is 54.1 Å². The molecule has 92 valence electrons. The number of hydrogen-bond acceptors (Lipinski definition) is 0. The molecule has 0 aliphatic rings. The molecule has 0 aromatic heterocycles. The topological polar surface area (TPSA) is 0 Å². The first-order valence-electron chi connectivity index (χ1n) is 6.37. The monoisotopic (exact) mass is 340 g/mol. The molecule has 0 nitrogen and oxygen atoms in total. The molecule has 17 heavy (non-hydrogen) atoms. The van der Waals surface area contributed by atoms with Crippen molar-refractivity contribution in [2.75, 3.05) is 4.43 Å². The molecule has 0 fully saturated rings. The van der Waals surface area contributed by atoms with Crippen LogP contribution in [0, 0.1) is 0 Å². The van der Waals surface area contributed by atoms with Crippen LogP contribution in [-0.2, 0) is 0 Å². The summed E-state index contributed by atoms with van der Waals surface area (Å²) in [6.07, 6.45) is 15.4. The van der Waals surface area contributed by atoms with Crippen LogP contribution >= 0.6 is 22.6 Å². The minimum absolute atomic E-state index is 1.21. The van der Waals surface area contributed by atoms with Crippen LogP contribution in [-0.4, -0.2) is 4.43 Å². The van der Waals surface area contributed by atoms with Crippen LogP contribution in [0.15, 0.2) is 48.6 Å². The quantitative estimate of drug-likeness (QED) is 0.249. The molecule has 0 N–H and O–H groups in total. The summed E-state index contributed by atoms with van der Waals surface area (Å²) in [5, 5.41) is 0. The van der Waals surface area contributed by atoms with Crippen molar-refractivity contribution in [1.82, 2.24) is 0 Å². The number of alkyl halides is 1. The summed E-state index contributed by atoms with van der Waals surface area (Å²) >= 11 is 2.45. The van der Waals surface area contributed by atoms with Gasteiger partial charge in [-0.1, -0.05) is 90.1 Å². The first-order chi connectivity index (χ1) is 8.43. The van der Waals surface area contributed by atoms with E-state index in [0.717, 1.165) is 0 Å². The fraction of sp³-hybridized carbons (Fsp3) is 0.375. The molecular formula is C16H21I. The Hall–Kier alpha value is -0.570. The van der Waals surface area contributed by atoms with Gasteiger partial charge in [0, 0.05) is 0 Å². The number of unbranched alkanes of at least 4 members (excludes halogenated alkanes) is 4. The summed E-state index contributed by atoms with van der Waals surface area (Å²) in [4.78, 5) is 0. The van der Waals surface area contributed by atoms with Gasteiger partial charge in [-0.05, 0) is 29.3 Å². The van der Waals surface area contributed by atoms with E-state index in [2.05, 4.69) is 71.2 Å². The Labute approximate surface area is 119 Å². The highest BCUT2D eigenvalue weighted by Gasteiger charge is 1.86. The second kappa shape index (κ2) is 10.6. The van der Waals surface area contributed by atoms with E-state index in [1.807, 2.05) is 6.07 Å². The maximum atomic E-state index is 2.45. The van der Waals surface area contributed by atoms with Gasteiger partial charge in [-0.2, -0.15) is 0 Å². The zero-order valence-electron chi connectivity index (χ0n) is 10.3. The third kappa shape index (κ3) is 8.19. The lowest BCUT2D eigenvalue weighted by atomic mass is 10.1. The molecule has 0 atom stereocenters. The van der Waals surface area contributed by atoms with Gasteiger partial charge >= 0.3 is 0 Å². The molecule has 0 saturated heterocycles. The van der Waals surface area contributed by atoms with Gasteiger partial charge < -0.3 is 0 Å². The van der Waals surface area contributed by atoms with E-state index in [-0.39, 0.29) is 0 Å². The Morgan fingerprint density at radius 2 is 1.65 bits per heavy atom. The van der Waals surface area contributed by atoms with Gasteiger partial charge in [-0.3, -0.25) is 0 Å². The van der Waals surface area contributed by atoms with Gasteiger partial charge in [0.1, 0.15) is 0 Å². The molecule has 0 aliphatic heterocycles. The van der Waals surface area contributed by atoms with Crippen molar-refractivity contribution in [2.45, 2.75) is 32.1 Å². The minimum atomic E-state index is 1.21. The molecule has 0 amide bonds. The molecular weight excluding hydrogens is 319 g/mol. The van der Waals surface area contributed by atoms with E-state index in [9.17, 15) is 0 Å². The highest BCUT2D eigenvalue weighted by Crippen LogP contribution is 2.05. The molecule has 0 radical (unpaired) electrons. The standard InChI is InChI=1S/C16H21I/c17-15-11-6-4-2-1-3-5-8-12-16-13-9-7-10-14-16/h3,5,7-10,12-14H,1-2,4,6,11,15H2. The average molecular weight is 340 g/mol. The molecule has 0 unspecified atom stereocenters. The Kier molecular flexibility index (Phi) is 9.01. The summed E-state index contributed by atoms with van der Waals surface area (Å²) in [5.74, 6) is 0. The van der Waals surface area contributed by atoms with Crippen molar-refractivity contribution in [1.29, 1.82) is 0 Å². The van der Waals surface area contributed by atoms with E-state index < -0.39 is 0 Å². The number of benzene rings is 1. The van der Waals surface area contributed by atoms with Crippen molar-refractivity contribution in [2.24, 2.45) is 0 Å². The Morgan fingerprint density at radius 1 is 0.882 bits per heavy atom. The third-order valence-corrected chi connectivity index (χ3v) is 3.35. The lowest BCUT2D eigenvalue weighted by molar-refractivity contribution is 0.681. The number of halogens is 1. The predicted molar refractivity (Wildman–Crippen MR) is 86.6 cm³/mol. The Balaban J connectivity index is 2.08. The SMILES string of the molecule is ICCCCCCC=CC=Cc1ccccc1. The molecule has 1 rings (SSSR count). The van der Waals surface area contributed by atoms with Crippen molar-refractivity contribution < 1.29 is 0 Å². The second-order valence-electron chi connectivity index (χ2n) is 4.09. The van der Waals surface area contributed by atoms with Crippen LogP contribution in [0.2, 0.25) is 0 Å². The highest BCUT2D eigenvalue weighted by molar-refractivity contribution is 14.1. The molecule has 0 spiro atoms. The van der Waals surface area contributed by atoms with Crippen LogP contribution in [0.3, 0.4) is 0 Å². The van der Waals surface area contributed by atoms with E-state index in [1.165, 1.54) is 42.1 Å². The molecule has 0 saturated carbocycles. The summed E-state index contributed by atoms with van der Waals surface area (Å²) in [5.41, 5.74) is 1.26. The van der Waals surface area contributed by atoms with Crippen LogP contribution in [0.25, 0.3) is 6.08 Å². The molecule has 0 aliphatic carbocycles. The van der Waals surface area contributed by atoms with Gasteiger partial charge in [0.2, 0.25) is 0 Å². The molecule has 0 heterocycles. The maximum Gasteiger partial charge on any atom is -0.000473 e. The van der Waals surface area contributed by atoms with E-state index in [0.29, 0.717) is 0 Å². The second-order valence-corrected chi connectivity index (χ2v) is 5.17. The van der Waals surface area contributed by atoms with Crippen molar-refractivity contribution in [3.8, 4) is 0 Å². The molecule has 1 heteroatoms. The molecule has 1 aromatic carbocycles. The van der Waals surface area contributed by atoms with Gasteiger partial charge in [0.05, 0.1) is 0 Å². The summed E-state index contributed by atoms with van der Waals surface area (Å²) in [6, 6.07) is 10.4. The van der Waals surface area contributed by atoms with Crippen molar-refractivity contribution >= 4 is 28.7 Å². The Morgan fingerprint density at radius 3 is 2.41 bits per heavy atom. The largest absolute Gasteiger partial charge is 0.0864 e. The zero-order chi connectivity index (χ0) is 12.2. The van der Waals surface area contributed by atoms with Gasteiger partial charge in [0.15, 0.2) is 0 Å². The van der Waals surface area contributed by atoms with Gasteiger partial charge in [-0.15, -0.1) is 0 Å². The molecule has 1 aromatic rings. The third-order valence-electron chi connectivity index (χ3n) is 2.59. The van der Waals surface area contributed by atoms with E-state index in [1.54, 1.807) is 0 Å². The smallest absolute Gasteiger partial charge is 0.000473 e. The maximum absolute atomic E-state index is 2.45. The highest BCUT2D eigenvalue weighted by atomic mass is 127. The summed E-state index contributed by atoms with van der Waals surface area (Å²) < 4.78 is 1.30. The van der Waals surface area contributed by atoms with Gasteiger partial charge in [-0.25, -0.2) is 0 Å². The predicted octanol–water partition coefficient (Wildman–Crippen LogP) is 5.64. The van der Waals surface area contributed by atoms with Crippen LogP contribution in [0.5, 0.6) is 0 Å². The van der Waals surface area contributed by atoms with Crippen LogP contribution < -0.4 is 0 Å². The molecule has 0 bridgehead atoms. The lowest BCUT2D eigenvalue weighted by Gasteiger charge is -1.94. The minimum Gasteiger partial charge on any atom is -0.0864 e. The van der Waals surface area contributed by atoms with Crippen LogP contribution in [0.1, 0.15) is 37.7 Å². The summed E-state index contributed by atoms with van der Waals surface area (Å²) in [6.45, 7) is 0. The van der Waals surface area contributed by atoms with E-state index >= 15 is 0 Å². The van der Waals surface area contributed by atoms with Crippen LogP contribution in [0.4, 0.5) is 0 Å². The first kappa shape index (κ1) is 14.5. The number of hydrogen-bond donors (Lipinski definition) is 0. The number of rotatable bonds is 8. The lowest BCUT2D eigenvalue weighted by Crippen LogP contribution is -1.77. The fourth-order valence-corrected chi connectivity index (χ4v) is 2.16. The Bertz CT molecular complexity index is 325. The normalized spacial score (nSPS) is 11.6. The van der Waals surface area contributed by atoms with Crippen molar-refractivity contribution in [3.63, 3.8) is 0 Å². The zero-order valence-corrected chi connectivity index (χ0v) is 12.5. The first-order valence-corrected chi connectivity index (χ1v) is 7.90. The average Bonchev–Trinajstić information content (AvgIpc) is 2.38. The summed E-state index contributed by atoms with van der Waals surface area (Å²) in [7, 11) is 0. The fourth-order valence-electron chi connectivity index (χ4n) is 1.62. The number of allylic oxidation sites excluding steroid dienone is 3.